The van der Waals surface area contributed by atoms with E-state index in [4.69, 9.17) is 11.6 Å². The molecule has 0 aliphatic carbocycles. The lowest BCUT2D eigenvalue weighted by atomic mass is 9.98. The van der Waals surface area contributed by atoms with Crippen LogP contribution in [0, 0.1) is 5.92 Å². The first-order chi connectivity index (χ1) is 14.6. The first-order valence-corrected chi connectivity index (χ1v) is 12.7. The number of amides is 1. The third kappa shape index (κ3) is 6.37. The van der Waals surface area contributed by atoms with Gasteiger partial charge in [-0.05, 0) is 61.6 Å². The Bertz CT molecular complexity index is 1000. The summed E-state index contributed by atoms with van der Waals surface area (Å²) in [5.41, 5.74) is 2.52. The molecule has 0 bridgehead atoms. The number of nitrogens with zero attached hydrogens (tertiary/aromatic N) is 2. The number of piperidine rings is 1. The quantitative estimate of drug-likeness (QED) is 0.667. The number of carbonyl (C=O) groups is 1. The van der Waals surface area contributed by atoms with Crippen LogP contribution in [0.4, 0.5) is 11.4 Å². The topological polar surface area (TPSA) is 69.7 Å². The summed E-state index contributed by atoms with van der Waals surface area (Å²) in [6.07, 6.45) is 3.49. The zero-order valence-electron chi connectivity index (χ0n) is 18.2. The predicted molar refractivity (Wildman–Crippen MR) is 127 cm³/mol. The van der Waals surface area contributed by atoms with Gasteiger partial charge in [0.25, 0.3) is 0 Å². The number of benzene rings is 2. The van der Waals surface area contributed by atoms with Gasteiger partial charge in [-0.1, -0.05) is 36.7 Å². The van der Waals surface area contributed by atoms with Gasteiger partial charge in [-0.15, -0.1) is 0 Å². The van der Waals surface area contributed by atoms with Gasteiger partial charge in [0.05, 0.1) is 18.0 Å². The number of rotatable bonds is 7. The van der Waals surface area contributed by atoms with Crippen molar-refractivity contribution in [2.75, 3.05) is 35.1 Å². The van der Waals surface area contributed by atoms with Gasteiger partial charge in [0, 0.05) is 23.8 Å². The highest BCUT2D eigenvalue weighted by atomic mass is 35.5. The molecule has 0 spiro atoms. The molecule has 2 aromatic carbocycles. The average Bonchev–Trinajstić information content (AvgIpc) is 2.72. The zero-order chi connectivity index (χ0) is 22.6. The van der Waals surface area contributed by atoms with E-state index in [0.717, 1.165) is 35.1 Å². The second-order valence-electron chi connectivity index (χ2n) is 8.30. The molecule has 8 heteroatoms. The number of hydrogen-bond acceptors (Lipinski definition) is 4. The summed E-state index contributed by atoms with van der Waals surface area (Å²) in [6.45, 7) is 6.00. The molecule has 31 heavy (non-hydrogen) atoms. The van der Waals surface area contributed by atoms with Crippen molar-refractivity contribution in [3.63, 3.8) is 0 Å². The lowest BCUT2D eigenvalue weighted by Gasteiger charge is -2.32. The highest BCUT2D eigenvalue weighted by molar-refractivity contribution is 7.92. The van der Waals surface area contributed by atoms with E-state index in [-0.39, 0.29) is 18.5 Å². The molecule has 6 nitrogen and oxygen atoms in total. The molecule has 1 unspecified atom stereocenters. The van der Waals surface area contributed by atoms with Gasteiger partial charge in [-0.2, -0.15) is 0 Å². The molecule has 1 saturated heterocycles. The Kier molecular flexibility index (Phi) is 7.49. The van der Waals surface area contributed by atoms with Crippen LogP contribution in [0.5, 0.6) is 0 Å². The van der Waals surface area contributed by atoms with Crippen molar-refractivity contribution < 1.29 is 13.2 Å². The summed E-state index contributed by atoms with van der Waals surface area (Å²) < 4.78 is 25.5. The first-order valence-electron chi connectivity index (χ1n) is 10.5. The zero-order valence-corrected chi connectivity index (χ0v) is 19.8. The molecule has 168 valence electrons. The van der Waals surface area contributed by atoms with E-state index in [0.29, 0.717) is 10.7 Å². The smallest absolute Gasteiger partial charge is 0.241 e. The molecule has 0 saturated carbocycles. The lowest BCUT2D eigenvalue weighted by molar-refractivity contribution is -0.120. The molecular weight excluding hydrogens is 434 g/mol. The van der Waals surface area contributed by atoms with Crippen LogP contribution in [0.25, 0.3) is 0 Å². The minimum absolute atomic E-state index is 0.247. The Hall–Kier alpha value is -2.25. The van der Waals surface area contributed by atoms with Gasteiger partial charge in [0.15, 0.2) is 0 Å². The maximum Gasteiger partial charge on any atom is 0.241 e. The van der Waals surface area contributed by atoms with E-state index < -0.39 is 10.0 Å². The summed E-state index contributed by atoms with van der Waals surface area (Å²) in [4.78, 5) is 15.0. The molecule has 1 fully saturated rings. The Morgan fingerprint density at radius 3 is 2.42 bits per heavy atom. The van der Waals surface area contributed by atoms with Crippen molar-refractivity contribution in [3.05, 3.63) is 59.1 Å². The van der Waals surface area contributed by atoms with Crippen LogP contribution < -0.4 is 14.5 Å². The third-order valence-corrected chi connectivity index (χ3v) is 7.08. The SMILES string of the molecule is CC1CCN(c2ccc(C(C)NC(=O)CN(c3cccc(Cl)c3)S(C)(=O)=O)cc2)CC1. The van der Waals surface area contributed by atoms with E-state index in [1.54, 1.807) is 18.2 Å². The van der Waals surface area contributed by atoms with Crippen LogP contribution in [0.2, 0.25) is 5.02 Å². The van der Waals surface area contributed by atoms with E-state index in [1.165, 1.54) is 24.6 Å². The molecule has 2 aromatic rings. The van der Waals surface area contributed by atoms with Crippen molar-refractivity contribution in [1.82, 2.24) is 5.32 Å². The minimum atomic E-state index is -3.64. The first kappa shape index (κ1) is 23.4. The monoisotopic (exact) mass is 463 g/mol. The second-order valence-corrected chi connectivity index (χ2v) is 10.6. The molecule has 1 atom stereocenters. The minimum Gasteiger partial charge on any atom is -0.372 e. The Balaban J connectivity index is 1.64. The highest BCUT2D eigenvalue weighted by Crippen LogP contribution is 2.25. The Morgan fingerprint density at radius 1 is 1.19 bits per heavy atom. The van der Waals surface area contributed by atoms with E-state index in [1.807, 2.05) is 19.1 Å². The number of hydrogen-bond donors (Lipinski definition) is 1. The average molecular weight is 464 g/mol. The van der Waals surface area contributed by atoms with Crippen molar-refractivity contribution in [1.29, 1.82) is 0 Å². The molecule has 0 aromatic heterocycles. The summed E-state index contributed by atoms with van der Waals surface area (Å²) >= 11 is 5.99. The van der Waals surface area contributed by atoms with Crippen LogP contribution in [0.1, 0.15) is 38.3 Å². The maximum absolute atomic E-state index is 12.6. The molecule has 1 aliphatic rings. The summed E-state index contributed by atoms with van der Waals surface area (Å²) in [5.74, 6) is 0.399. The van der Waals surface area contributed by atoms with Crippen LogP contribution in [0.15, 0.2) is 48.5 Å². The van der Waals surface area contributed by atoms with Crippen LogP contribution in [-0.2, 0) is 14.8 Å². The number of halogens is 1. The van der Waals surface area contributed by atoms with E-state index >= 15 is 0 Å². The van der Waals surface area contributed by atoms with Gasteiger partial charge in [0.1, 0.15) is 6.54 Å². The van der Waals surface area contributed by atoms with Gasteiger partial charge < -0.3 is 10.2 Å². The maximum atomic E-state index is 12.6. The summed E-state index contributed by atoms with van der Waals surface area (Å²) in [7, 11) is -3.64. The summed E-state index contributed by atoms with van der Waals surface area (Å²) in [6, 6.07) is 14.4. The number of nitrogens with one attached hydrogen (secondary N) is 1. The molecule has 1 N–H and O–H groups in total. The highest BCUT2D eigenvalue weighted by Gasteiger charge is 2.22. The molecule has 1 amide bonds. The van der Waals surface area contributed by atoms with Crippen LogP contribution >= 0.6 is 11.6 Å². The fraction of sp³-hybridized carbons (Fsp3) is 0.435. The number of anilines is 2. The molecular formula is C23H30ClN3O3S. The number of carbonyl (C=O) groups excluding carboxylic acids is 1. The van der Waals surface area contributed by atoms with Crippen molar-refractivity contribution in [2.24, 2.45) is 5.92 Å². The van der Waals surface area contributed by atoms with Gasteiger partial charge >= 0.3 is 0 Å². The lowest BCUT2D eigenvalue weighted by Crippen LogP contribution is -2.41. The fourth-order valence-corrected chi connectivity index (χ4v) is 4.81. The largest absolute Gasteiger partial charge is 0.372 e. The van der Waals surface area contributed by atoms with Gasteiger partial charge in [0.2, 0.25) is 15.9 Å². The van der Waals surface area contributed by atoms with Crippen molar-refractivity contribution >= 4 is 38.9 Å². The predicted octanol–water partition coefficient (Wildman–Crippen LogP) is 4.22. The molecule has 1 aliphatic heterocycles. The van der Waals surface area contributed by atoms with Gasteiger partial charge in [-0.3, -0.25) is 9.10 Å². The van der Waals surface area contributed by atoms with Crippen LogP contribution in [-0.4, -0.2) is 40.2 Å². The summed E-state index contributed by atoms with van der Waals surface area (Å²) in [5, 5.41) is 3.30. The van der Waals surface area contributed by atoms with Crippen LogP contribution in [0.3, 0.4) is 0 Å². The third-order valence-electron chi connectivity index (χ3n) is 5.70. The van der Waals surface area contributed by atoms with E-state index in [2.05, 4.69) is 29.3 Å². The van der Waals surface area contributed by atoms with Crippen molar-refractivity contribution in [3.8, 4) is 0 Å². The molecule has 0 radical (unpaired) electrons. The van der Waals surface area contributed by atoms with Crippen molar-refractivity contribution in [2.45, 2.75) is 32.7 Å². The molecule has 3 rings (SSSR count). The fourth-order valence-electron chi connectivity index (χ4n) is 3.77. The number of sulfonamides is 1. The van der Waals surface area contributed by atoms with E-state index in [9.17, 15) is 13.2 Å². The Labute approximate surface area is 190 Å². The second kappa shape index (κ2) is 9.92. The Morgan fingerprint density at radius 2 is 1.84 bits per heavy atom. The molecule has 1 heterocycles. The van der Waals surface area contributed by atoms with Gasteiger partial charge in [-0.25, -0.2) is 8.42 Å². The normalized spacial score (nSPS) is 16.1. The standard InChI is InChI=1S/C23H30ClN3O3S/c1-17-11-13-26(14-12-17)21-9-7-19(8-10-21)18(2)25-23(28)16-27(31(3,29)30)22-6-4-5-20(24)15-22/h4-10,15,17-18H,11-14,16H2,1-3H3,(H,25,28).